The zero-order valence-corrected chi connectivity index (χ0v) is 10.6. The van der Waals surface area contributed by atoms with Gasteiger partial charge in [-0.1, -0.05) is 27.7 Å². The molecule has 3 nitrogen and oxygen atoms in total. The van der Waals surface area contributed by atoms with Crippen LogP contribution in [0.3, 0.4) is 0 Å². The van der Waals surface area contributed by atoms with Gasteiger partial charge in [0.25, 0.3) is 0 Å². The minimum absolute atomic E-state index is 0.0798. The van der Waals surface area contributed by atoms with E-state index in [1.807, 2.05) is 20.7 Å². The molecular weight excluding hydrogens is 191 g/mol. The van der Waals surface area contributed by atoms with Crippen molar-refractivity contribution in [3.8, 4) is 0 Å². The van der Waals surface area contributed by atoms with Crippen LogP contribution in [0.25, 0.3) is 0 Å². The van der Waals surface area contributed by atoms with Crippen molar-refractivity contribution in [2.45, 2.75) is 58.6 Å². The molecular formula is C11H23BO3. The molecule has 0 aromatic heterocycles. The van der Waals surface area contributed by atoms with Crippen molar-refractivity contribution in [1.82, 2.24) is 0 Å². The zero-order valence-electron chi connectivity index (χ0n) is 10.6. The molecule has 2 rings (SSSR count). The quantitative estimate of drug-likeness (QED) is 0.661. The van der Waals surface area contributed by atoms with Gasteiger partial charge in [-0.2, -0.15) is 0 Å². The van der Waals surface area contributed by atoms with Crippen LogP contribution in [-0.4, -0.2) is 31.5 Å². The molecule has 0 radical (unpaired) electrons. The highest BCUT2D eigenvalue weighted by atomic mass is 16.7. The fourth-order valence-corrected chi connectivity index (χ4v) is 2.60. The summed E-state index contributed by atoms with van der Waals surface area (Å²) in [7, 11) is -0.0798. The number of hydrogen-bond acceptors (Lipinski definition) is 3. The van der Waals surface area contributed by atoms with E-state index in [9.17, 15) is 0 Å². The standard InChI is InChI=1S/C9H17BO3.C2H6/c1-4-8-6-11-7-9(8,5-2)13-10(3)12-8;1-2/h4-7H2,1-3H3;1-2H3. The van der Waals surface area contributed by atoms with Gasteiger partial charge in [-0.05, 0) is 19.7 Å². The van der Waals surface area contributed by atoms with Gasteiger partial charge in [-0.15, -0.1) is 0 Å². The Bertz CT molecular complexity index is 192. The van der Waals surface area contributed by atoms with Crippen LogP contribution in [0.15, 0.2) is 0 Å². The molecule has 0 amide bonds. The molecule has 2 unspecified atom stereocenters. The van der Waals surface area contributed by atoms with Gasteiger partial charge in [0, 0.05) is 0 Å². The molecule has 0 aromatic rings. The van der Waals surface area contributed by atoms with Crippen molar-refractivity contribution in [2.75, 3.05) is 13.2 Å². The summed E-state index contributed by atoms with van der Waals surface area (Å²) in [6.07, 6.45) is 1.93. The van der Waals surface area contributed by atoms with Crippen LogP contribution in [0.2, 0.25) is 6.82 Å². The molecule has 2 atom stereocenters. The van der Waals surface area contributed by atoms with Crippen molar-refractivity contribution < 1.29 is 14.0 Å². The largest absolute Gasteiger partial charge is 0.454 e. The average molecular weight is 214 g/mol. The topological polar surface area (TPSA) is 27.7 Å². The summed E-state index contributed by atoms with van der Waals surface area (Å²) >= 11 is 0. The number of ether oxygens (including phenoxy) is 1. The second-order valence-electron chi connectivity index (χ2n) is 3.99. The van der Waals surface area contributed by atoms with Crippen LogP contribution in [-0.2, 0) is 14.0 Å². The van der Waals surface area contributed by atoms with Gasteiger partial charge < -0.3 is 14.0 Å². The molecule has 0 aromatic carbocycles. The van der Waals surface area contributed by atoms with E-state index < -0.39 is 0 Å². The second-order valence-corrected chi connectivity index (χ2v) is 3.99. The van der Waals surface area contributed by atoms with Crippen LogP contribution in [0.5, 0.6) is 0 Å². The van der Waals surface area contributed by atoms with E-state index in [2.05, 4.69) is 13.8 Å². The second kappa shape index (κ2) is 4.85. The molecule has 0 spiro atoms. The van der Waals surface area contributed by atoms with Gasteiger partial charge in [0.05, 0.1) is 13.2 Å². The Kier molecular flexibility index (Phi) is 4.21. The van der Waals surface area contributed by atoms with Gasteiger partial charge in [-0.25, -0.2) is 0 Å². The van der Waals surface area contributed by atoms with E-state index in [-0.39, 0.29) is 18.3 Å². The van der Waals surface area contributed by atoms with E-state index in [1.165, 1.54) is 0 Å². The number of fused-ring (bicyclic) bond motifs is 1. The summed E-state index contributed by atoms with van der Waals surface area (Å²) in [6.45, 7) is 11.6. The number of rotatable bonds is 2. The summed E-state index contributed by atoms with van der Waals surface area (Å²) in [6, 6.07) is 0. The Balaban J connectivity index is 0.000000531. The van der Waals surface area contributed by atoms with E-state index in [0.717, 1.165) is 12.8 Å². The Labute approximate surface area is 93.6 Å². The maximum atomic E-state index is 5.87. The first-order chi connectivity index (χ1) is 7.18. The van der Waals surface area contributed by atoms with Crippen molar-refractivity contribution in [2.24, 2.45) is 0 Å². The summed E-state index contributed by atoms with van der Waals surface area (Å²) < 4.78 is 17.2. The molecule has 2 heterocycles. The Morgan fingerprint density at radius 1 is 1.00 bits per heavy atom. The predicted octanol–water partition coefficient (Wildman–Crippen LogP) is 2.51. The highest BCUT2D eigenvalue weighted by molar-refractivity contribution is 6.43. The van der Waals surface area contributed by atoms with Crippen LogP contribution < -0.4 is 0 Å². The monoisotopic (exact) mass is 214 g/mol. The lowest BCUT2D eigenvalue weighted by Crippen LogP contribution is -2.49. The molecule has 2 fully saturated rings. The third kappa shape index (κ3) is 1.83. The SMILES string of the molecule is CC.CCC12COCC1(CC)OB(C)O2. The molecule has 0 saturated carbocycles. The minimum Gasteiger partial charge on any atom is -0.400 e. The van der Waals surface area contributed by atoms with Crippen molar-refractivity contribution in [1.29, 1.82) is 0 Å². The van der Waals surface area contributed by atoms with Gasteiger partial charge >= 0.3 is 7.12 Å². The van der Waals surface area contributed by atoms with Crippen LogP contribution in [0.1, 0.15) is 40.5 Å². The summed E-state index contributed by atoms with van der Waals surface area (Å²) in [4.78, 5) is 0. The van der Waals surface area contributed by atoms with Crippen molar-refractivity contribution >= 4 is 7.12 Å². The fourth-order valence-electron chi connectivity index (χ4n) is 2.60. The molecule has 2 aliphatic heterocycles. The highest BCUT2D eigenvalue weighted by Gasteiger charge is 2.62. The first-order valence-corrected chi connectivity index (χ1v) is 6.11. The first-order valence-electron chi connectivity index (χ1n) is 6.11. The van der Waals surface area contributed by atoms with Crippen LogP contribution in [0, 0.1) is 0 Å². The van der Waals surface area contributed by atoms with E-state index in [0.29, 0.717) is 13.2 Å². The predicted molar refractivity (Wildman–Crippen MR) is 62.0 cm³/mol. The molecule has 88 valence electrons. The molecule has 0 aliphatic carbocycles. The van der Waals surface area contributed by atoms with Gasteiger partial charge in [0.2, 0.25) is 0 Å². The summed E-state index contributed by atoms with van der Waals surface area (Å²) in [5.74, 6) is 0. The van der Waals surface area contributed by atoms with Gasteiger partial charge in [0.15, 0.2) is 0 Å². The Morgan fingerprint density at radius 2 is 1.40 bits per heavy atom. The molecule has 0 N–H and O–H groups in total. The third-order valence-corrected chi connectivity index (χ3v) is 3.43. The molecule has 15 heavy (non-hydrogen) atoms. The van der Waals surface area contributed by atoms with E-state index in [4.69, 9.17) is 14.0 Å². The van der Waals surface area contributed by atoms with Gasteiger partial charge in [-0.3, -0.25) is 0 Å². The normalized spacial score (nSPS) is 38.6. The molecule has 4 heteroatoms. The first kappa shape index (κ1) is 13.0. The maximum Gasteiger partial charge on any atom is 0.454 e. The maximum absolute atomic E-state index is 5.87. The third-order valence-electron chi connectivity index (χ3n) is 3.43. The molecule has 2 saturated heterocycles. The smallest absolute Gasteiger partial charge is 0.400 e. The van der Waals surface area contributed by atoms with Crippen molar-refractivity contribution in [3.05, 3.63) is 0 Å². The zero-order chi connectivity index (χ0) is 11.5. The highest BCUT2D eigenvalue weighted by Crippen LogP contribution is 2.46. The number of hydrogen-bond donors (Lipinski definition) is 0. The molecule has 0 bridgehead atoms. The van der Waals surface area contributed by atoms with Crippen LogP contribution in [0.4, 0.5) is 0 Å². The van der Waals surface area contributed by atoms with Crippen molar-refractivity contribution in [3.63, 3.8) is 0 Å². The average Bonchev–Trinajstić information content (AvgIpc) is 2.72. The lowest BCUT2D eigenvalue weighted by Gasteiger charge is -2.35. The molecule has 2 aliphatic rings. The lowest BCUT2D eigenvalue weighted by molar-refractivity contribution is -0.0120. The summed E-state index contributed by atoms with van der Waals surface area (Å²) in [5.41, 5.74) is -0.359. The van der Waals surface area contributed by atoms with E-state index in [1.54, 1.807) is 0 Å². The Morgan fingerprint density at radius 3 is 1.73 bits per heavy atom. The fraction of sp³-hybridized carbons (Fsp3) is 1.00. The lowest BCUT2D eigenvalue weighted by atomic mass is 9.82. The van der Waals surface area contributed by atoms with Gasteiger partial charge in [0.1, 0.15) is 11.2 Å². The summed E-state index contributed by atoms with van der Waals surface area (Å²) in [5, 5.41) is 0. The Hall–Kier alpha value is -0.0551. The minimum atomic E-state index is -0.179. The van der Waals surface area contributed by atoms with Crippen LogP contribution >= 0.6 is 0 Å². The van der Waals surface area contributed by atoms with E-state index >= 15 is 0 Å².